The molecular weight excluding hydrogens is 198 g/mol. The van der Waals surface area contributed by atoms with Crippen LogP contribution in [0.15, 0.2) is 24.3 Å². The Kier molecular flexibility index (Phi) is 2.60. The number of hydrogen-bond acceptors (Lipinski definition) is 2. The van der Waals surface area contributed by atoms with Crippen LogP contribution in [-0.2, 0) is 0 Å². The Hall–Kier alpha value is -1.02. The first-order chi connectivity index (χ1) is 7.79. The Labute approximate surface area is 97.0 Å². The summed E-state index contributed by atoms with van der Waals surface area (Å²) in [6.07, 6.45) is 5.42. The van der Waals surface area contributed by atoms with Crippen molar-refractivity contribution in [3.05, 3.63) is 29.8 Å². The van der Waals surface area contributed by atoms with E-state index in [0.29, 0.717) is 18.2 Å². The van der Waals surface area contributed by atoms with Crippen molar-refractivity contribution in [1.29, 1.82) is 0 Å². The topological polar surface area (TPSA) is 21.3 Å². The molecule has 2 saturated heterocycles. The first kappa shape index (κ1) is 10.2. The number of nitrogens with one attached hydrogen (secondary N) is 1. The number of ether oxygens (including phenoxy) is 1. The fourth-order valence-electron chi connectivity index (χ4n) is 2.91. The highest BCUT2D eigenvalue weighted by atomic mass is 16.5. The van der Waals surface area contributed by atoms with Gasteiger partial charge in [0, 0.05) is 12.1 Å². The molecule has 16 heavy (non-hydrogen) atoms. The van der Waals surface area contributed by atoms with Crippen LogP contribution >= 0.6 is 0 Å². The molecule has 2 heterocycles. The van der Waals surface area contributed by atoms with E-state index in [4.69, 9.17) is 4.74 Å². The molecule has 2 aliphatic heterocycles. The quantitative estimate of drug-likeness (QED) is 0.822. The van der Waals surface area contributed by atoms with E-state index in [1.165, 1.54) is 31.2 Å². The first-order valence-corrected chi connectivity index (χ1v) is 6.29. The largest absolute Gasteiger partial charge is 0.490 e. The van der Waals surface area contributed by atoms with E-state index in [0.717, 1.165) is 5.75 Å². The lowest BCUT2D eigenvalue weighted by Gasteiger charge is -2.29. The molecule has 86 valence electrons. The van der Waals surface area contributed by atoms with Crippen molar-refractivity contribution in [3.8, 4) is 5.75 Å². The normalized spacial score (nSPS) is 32.7. The maximum Gasteiger partial charge on any atom is 0.119 e. The lowest BCUT2D eigenvalue weighted by atomic mass is 10.0. The molecule has 2 nitrogen and oxygen atoms in total. The van der Waals surface area contributed by atoms with Gasteiger partial charge in [-0.15, -0.1) is 0 Å². The van der Waals surface area contributed by atoms with Crippen LogP contribution in [0.1, 0.15) is 31.2 Å². The molecular formula is C14H19NO. The predicted molar refractivity (Wildman–Crippen MR) is 64.8 cm³/mol. The zero-order valence-electron chi connectivity index (χ0n) is 9.78. The molecule has 3 rings (SSSR count). The monoisotopic (exact) mass is 217 g/mol. The van der Waals surface area contributed by atoms with Crippen molar-refractivity contribution in [2.24, 2.45) is 0 Å². The van der Waals surface area contributed by atoms with Crippen molar-refractivity contribution < 1.29 is 4.74 Å². The van der Waals surface area contributed by atoms with Gasteiger partial charge < -0.3 is 10.1 Å². The van der Waals surface area contributed by atoms with Gasteiger partial charge in [0.1, 0.15) is 11.9 Å². The van der Waals surface area contributed by atoms with Gasteiger partial charge in [0.05, 0.1) is 0 Å². The molecule has 2 unspecified atom stereocenters. The number of aryl methyl sites for hydroxylation is 1. The SMILES string of the molecule is Cc1ccc(OC2CC3CCC(C2)N3)cc1. The van der Waals surface area contributed by atoms with Crippen LogP contribution in [-0.4, -0.2) is 18.2 Å². The summed E-state index contributed by atoms with van der Waals surface area (Å²) in [5.41, 5.74) is 1.29. The molecule has 1 aromatic rings. The van der Waals surface area contributed by atoms with E-state index >= 15 is 0 Å². The third-order valence-corrected chi connectivity index (χ3v) is 3.75. The number of piperidine rings is 1. The van der Waals surface area contributed by atoms with Gasteiger partial charge in [-0.3, -0.25) is 0 Å². The molecule has 0 saturated carbocycles. The van der Waals surface area contributed by atoms with Crippen LogP contribution in [0.4, 0.5) is 0 Å². The summed E-state index contributed by atoms with van der Waals surface area (Å²) in [6.45, 7) is 2.11. The highest BCUT2D eigenvalue weighted by Crippen LogP contribution is 2.29. The smallest absolute Gasteiger partial charge is 0.119 e. The molecule has 0 spiro atoms. The zero-order valence-corrected chi connectivity index (χ0v) is 9.78. The Balaban J connectivity index is 1.64. The molecule has 2 atom stereocenters. The second-order valence-electron chi connectivity index (χ2n) is 5.16. The molecule has 2 heteroatoms. The highest BCUT2D eigenvalue weighted by Gasteiger charge is 2.34. The number of benzene rings is 1. The summed E-state index contributed by atoms with van der Waals surface area (Å²) in [6, 6.07) is 9.80. The number of fused-ring (bicyclic) bond motifs is 2. The van der Waals surface area contributed by atoms with Crippen molar-refractivity contribution in [2.45, 2.75) is 50.8 Å². The third kappa shape index (κ3) is 2.07. The highest BCUT2D eigenvalue weighted by molar-refractivity contribution is 5.26. The van der Waals surface area contributed by atoms with Gasteiger partial charge in [0.2, 0.25) is 0 Å². The summed E-state index contributed by atoms with van der Waals surface area (Å²) in [7, 11) is 0. The minimum Gasteiger partial charge on any atom is -0.490 e. The average Bonchev–Trinajstić information content (AvgIpc) is 2.62. The lowest BCUT2D eigenvalue weighted by molar-refractivity contribution is 0.137. The van der Waals surface area contributed by atoms with Crippen molar-refractivity contribution >= 4 is 0 Å². The first-order valence-electron chi connectivity index (χ1n) is 6.29. The average molecular weight is 217 g/mol. The molecule has 2 aliphatic rings. The maximum absolute atomic E-state index is 6.05. The zero-order chi connectivity index (χ0) is 11.0. The second kappa shape index (κ2) is 4.10. The molecule has 1 N–H and O–H groups in total. The van der Waals surface area contributed by atoms with Gasteiger partial charge >= 0.3 is 0 Å². The van der Waals surface area contributed by atoms with Gasteiger partial charge in [-0.05, 0) is 44.7 Å². The molecule has 0 aromatic heterocycles. The molecule has 0 amide bonds. The van der Waals surface area contributed by atoms with Crippen LogP contribution < -0.4 is 10.1 Å². The van der Waals surface area contributed by atoms with Crippen LogP contribution in [0.2, 0.25) is 0 Å². The van der Waals surface area contributed by atoms with Crippen molar-refractivity contribution in [3.63, 3.8) is 0 Å². The lowest BCUT2D eigenvalue weighted by Crippen LogP contribution is -2.42. The van der Waals surface area contributed by atoms with E-state index in [-0.39, 0.29) is 0 Å². The fourth-order valence-corrected chi connectivity index (χ4v) is 2.91. The van der Waals surface area contributed by atoms with Gasteiger partial charge in [0.25, 0.3) is 0 Å². The Morgan fingerprint density at radius 3 is 2.31 bits per heavy atom. The molecule has 2 bridgehead atoms. The second-order valence-corrected chi connectivity index (χ2v) is 5.16. The third-order valence-electron chi connectivity index (χ3n) is 3.75. The van der Waals surface area contributed by atoms with Crippen molar-refractivity contribution in [2.75, 3.05) is 0 Å². The maximum atomic E-state index is 6.05. The Morgan fingerprint density at radius 1 is 1.06 bits per heavy atom. The molecule has 1 aromatic carbocycles. The van der Waals surface area contributed by atoms with Gasteiger partial charge in [-0.2, -0.15) is 0 Å². The summed E-state index contributed by atoms with van der Waals surface area (Å²) < 4.78 is 6.05. The fraction of sp³-hybridized carbons (Fsp3) is 0.571. The van der Waals surface area contributed by atoms with E-state index in [1.54, 1.807) is 0 Å². The van der Waals surface area contributed by atoms with Gasteiger partial charge in [0.15, 0.2) is 0 Å². The summed E-state index contributed by atoms with van der Waals surface area (Å²) in [5.74, 6) is 1.02. The molecule has 0 radical (unpaired) electrons. The molecule has 0 aliphatic carbocycles. The number of hydrogen-bond donors (Lipinski definition) is 1. The van der Waals surface area contributed by atoms with Crippen molar-refractivity contribution in [1.82, 2.24) is 5.32 Å². The van der Waals surface area contributed by atoms with Crippen LogP contribution in [0.25, 0.3) is 0 Å². The van der Waals surface area contributed by atoms with E-state index in [1.807, 2.05) is 0 Å². The summed E-state index contributed by atoms with van der Waals surface area (Å²) in [4.78, 5) is 0. The van der Waals surface area contributed by atoms with E-state index in [9.17, 15) is 0 Å². The summed E-state index contributed by atoms with van der Waals surface area (Å²) >= 11 is 0. The molecule has 2 fully saturated rings. The van der Waals surface area contributed by atoms with E-state index in [2.05, 4.69) is 36.5 Å². The van der Waals surface area contributed by atoms with Crippen LogP contribution in [0, 0.1) is 6.92 Å². The minimum atomic E-state index is 0.418. The summed E-state index contributed by atoms with van der Waals surface area (Å²) in [5, 5.41) is 3.64. The Bertz CT molecular complexity index is 348. The van der Waals surface area contributed by atoms with Crippen LogP contribution in [0.3, 0.4) is 0 Å². The Morgan fingerprint density at radius 2 is 1.69 bits per heavy atom. The minimum absolute atomic E-state index is 0.418. The van der Waals surface area contributed by atoms with Gasteiger partial charge in [-0.25, -0.2) is 0 Å². The van der Waals surface area contributed by atoms with Crippen LogP contribution in [0.5, 0.6) is 5.75 Å². The number of rotatable bonds is 2. The van der Waals surface area contributed by atoms with E-state index < -0.39 is 0 Å². The predicted octanol–water partition coefficient (Wildman–Crippen LogP) is 2.66. The van der Waals surface area contributed by atoms with Gasteiger partial charge in [-0.1, -0.05) is 17.7 Å². The standard InChI is InChI=1S/C14H19NO/c1-10-2-6-13(7-3-10)16-14-8-11-4-5-12(9-14)15-11/h2-3,6-7,11-12,14-15H,4-5,8-9H2,1H3.